The Kier molecular flexibility index (Phi) is 4.64. The zero-order valence-electron chi connectivity index (χ0n) is 8.90. The van der Waals surface area contributed by atoms with Gasteiger partial charge in [0.15, 0.2) is 5.16 Å². The highest BCUT2D eigenvalue weighted by molar-refractivity contribution is 7.99. The van der Waals surface area contributed by atoms with Crippen molar-refractivity contribution in [1.82, 2.24) is 9.55 Å². The average Bonchev–Trinajstić information content (AvgIpc) is 2.58. The van der Waals surface area contributed by atoms with Gasteiger partial charge in [-0.3, -0.25) is 0 Å². The SMILES string of the molecule is C[NH+](C)CCn1ccnc1SCC(=O)[O-]. The molecule has 0 saturated carbocycles. The molecule has 1 N–H and O–H groups in total. The fraction of sp³-hybridized carbons (Fsp3) is 0.556. The first-order chi connectivity index (χ1) is 7.09. The molecule has 0 aliphatic carbocycles. The lowest BCUT2D eigenvalue weighted by Gasteiger charge is -2.10. The molecule has 0 radical (unpaired) electrons. The van der Waals surface area contributed by atoms with E-state index in [1.807, 2.05) is 10.8 Å². The maximum atomic E-state index is 10.3. The van der Waals surface area contributed by atoms with Gasteiger partial charge in [-0.1, -0.05) is 11.8 Å². The minimum Gasteiger partial charge on any atom is -0.549 e. The van der Waals surface area contributed by atoms with Crippen LogP contribution in [0.2, 0.25) is 0 Å². The van der Waals surface area contributed by atoms with Crippen molar-refractivity contribution in [3.63, 3.8) is 0 Å². The van der Waals surface area contributed by atoms with Gasteiger partial charge in [0.1, 0.15) is 0 Å². The number of imidazole rings is 1. The summed E-state index contributed by atoms with van der Waals surface area (Å²) in [6.45, 7) is 1.83. The molecule has 0 aromatic carbocycles. The minimum absolute atomic E-state index is 0.0498. The van der Waals surface area contributed by atoms with E-state index in [2.05, 4.69) is 19.1 Å². The predicted molar refractivity (Wildman–Crippen MR) is 55.6 cm³/mol. The van der Waals surface area contributed by atoms with Crippen LogP contribution < -0.4 is 10.0 Å². The van der Waals surface area contributed by atoms with E-state index in [9.17, 15) is 9.90 Å². The molecule has 0 unspecified atom stereocenters. The molecule has 0 spiro atoms. The van der Waals surface area contributed by atoms with Crippen molar-refractivity contribution in [2.45, 2.75) is 11.7 Å². The van der Waals surface area contributed by atoms with E-state index in [0.29, 0.717) is 0 Å². The van der Waals surface area contributed by atoms with Gasteiger partial charge in [-0.15, -0.1) is 0 Å². The van der Waals surface area contributed by atoms with Crippen LogP contribution in [0.3, 0.4) is 0 Å². The maximum absolute atomic E-state index is 10.3. The summed E-state index contributed by atoms with van der Waals surface area (Å²) in [6.07, 6.45) is 3.54. The van der Waals surface area contributed by atoms with E-state index < -0.39 is 5.97 Å². The van der Waals surface area contributed by atoms with Crippen LogP contribution in [0.25, 0.3) is 0 Å². The Morgan fingerprint density at radius 2 is 2.40 bits per heavy atom. The number of rotatable bonds is 6. The van der Waals surface area contributed by atoms with Crippen LogP contribution >= 0.6 is 11.8 Å². The summed E-state index contributed by atoms with van der Waals surface area (Å²) in [4.78, 5) is 15.7. The Bertz CT molecular complexity index is 325. The van der Waals surface area contributed by atoms with E-state index in [1.165, 1.54) is 16.7 Å². The molecular formula is C9H15N3O2S. The van der Waals surface area contributed by atoms with E-state index in [4.69, 9.17) is 0 Å². The van der Waals surface area contributed by atoms with Crippen molar-refractivity contribution >= 4 is 17.7 Å². The third-order valence-electron chi connectivity index (χ3n) is 1.85. The molecule has 0 aliphatic rings. The second kappa shape index (κ2) is 5.77. The number of hydrogen-bond donors (Lipinski definition) is 1. The molecule has 1 aromatic rings. The van der Waals surface area contributed by atoms with Crippen LogP contribution in [-0.4, -0.2) is 41.9 Å². The highest BCUT2D eigenvalue weighted by atomic mass is 32.2. The van der Waals surface area contributed by atoms with Crippen molar-refractivity contribution < 1.29 is 14.8 Å². The summed E-state index contributed by atoms with van der Waals surface area (Å²) in [5.74, 6) is -1.11. The first-order valence-corrected chi connectivity index (χ1v) is 5.71. The smallest absolute Gasteiger partial charge is 0.168 e. The van der Waals surface area contributed by atoms with Crippen molar-refractivity contribution in [1.29, 1.82) is 0 Å². The second-order valence-electron chi connectivity index (χ2n) is 3.52. The molecule has 5 nitrogen and oxygen atoms in total. The number of carbonyl (C=O) groups is 1. The molecule has 0 aliphatic heterocycles. The van der Waals surface area contributed by atoms with Gasteiger partial charge in [-0.2, -0.15) is 0 Å². The maximum Gasteiger partial charge on any atom is 0.168 e. The largest absolute Gasteiger partial charge is 0.549 e. The van der Waals surface area contributed by atoms with Crippen molar-refractivity contribution in [2.75, 3.05) is 26.4 Å². The first-order valence-electron chi connectivity index (χ1n) is 4.72. The lowest BCUT2D eigenvalue weighted by molar-refractivity contribution is -0.859. The molecule has 0 saturated heterocycles. The Morgan fingerprint density at radius 3 is 3.00 bits per heavy atom. The van der Waals surface area contributed by atoms with Gasteiger partial charge in [0.25, 0.3) is 0 Å². The Balaban J connectivity index is 2.49. The molecule has 0 amide bonds. The van der Waals surface area contributed by atoms with Gasteiger partial charge in [-0.05, 0) is 0 Å². The Labute approximate surface area is 93.1 Å². The van der Waals surface area contributed by atoms with E-state index in [-0.39, 0.29) is 5.75 Å². The van der Waals surface area contributed by atoms with Gasteiger partial charge in [0.2, 0.25) is 0 Å². The lowest BCUT2D eigenvalue weighted by atomic mass is 10.6. The molecule has 0 atom stereocenters. The topological polar surface area (TPSA) is 62.4 Å². The third kappa shape index (κ3) is 4.35. The van der Waals surface area contributed by atoms with Gasteiger partial charge in [-0.25, -0.2) is 4.98 Å². The van der Waals surface area contributed by atoms with Crippen LogP contribution in [0.15, 0.2) is 17.6 Å². The Hall–Kier alpha value is -1.01. The number of aromatic nitrogens is 2. The van der Waals surface area contributed by atoms with E-state index >= 15 is 0 Å². The standard InChI is InChI=1S/C9H15N3O2S/c1-11(2)5-6-12-4-3-10-9(12)15-7-8(13)14/h3-4H,5-7H2,1-2H3,(H,13,14). The molecule has 6 heteroatoms. The number of carbonyl (C=O) groups excluding carboxylic acids is 1. The highest BCUT2D eigenvalue weighted by Crippen LogP contribution is 2.14. The quantitative estimate of drug-likeness (QED) is 0.566. The molecule has 1 rings (SSSR count). The monoisotopic (exact) mass is 229 g/mol. The highest BCUT2D eigenvalue weighted by Gasteiger charge is 2.04. The lowest BCUT2D eigenvalue weighted by Crippen LogP contribution is -3.06. The number of quaternary nitrogens is 1. The van der Waals surface area contributed by atoms with Gasteiger partial charge < -0.3 is 19.4 Å². The molecule has 0 fully saturated rings. The normalized spacial score (nSPS) is 10.9. The zero-order valence-corrected chi connectivity index (χ0v) is 9.71. The number of aliphatic carboxylic acids is 1. The summed E-state index contributed by atoms with van der Waals surface area (Å²) >= 11 is 1.19. The van der Waals surface area contributed by atoms with Crippen molar-refractivity contribution in [3.8, 4) is 0 Å². The number of likely N-dealkylation sites (N-methyl/N-ethyl adjacent to an activating group) is 1. The third-order valence-corrected chi connectivity index (χ3v) is 2.83. The molecule has 1 heterocycles. The summed E-state index contributed by atoms with van der Waals surface area (Å²) in [5, 5.41) is 11.0. The summed E-state index contributed by atoms with van der Waals surface area (Å²) in [6, 6.07) is 0. The number of hydrogen-bond acceptors (Lipinski definition) is 4. The summed E-state index contributed by atoms with van der Waals surface area (Å²) in [5.41, 5.74) is 0. The summed E-state index contributed by atoms with van der Waals surface area (Å²) < 4.78 is 1.96. The number of carboxylic acids is 1. The van der Waals surface area contributed by atoms with E-state index in [1.54, 1.807) is 6.20 Å². The predicted octanol–water partition coefficient (Wildman–Crippen LogP) is -2.13. The van der Waals surface area contributed by atoms with E-state index in [0.717, 1.165) is 18.2 Å². The van der Waals surface area contributed by atoms with Crippen LogP contribution in [0.4, 0.5) is 0 Å². The first kappa shape index (κ1) is 12.1. The van der Waals surface area contributed by atoms with Crippen molar-refractivity contribution in [3.05, 3.63) is 12.4 Å². The molecule has 0 bridgehead atoms. The fourth-order valence-electron chi connectivity index (χ4n) is 1.07. The number of nitrogens with one attached hydrogen (secondary N) is 1. The number of nitrogens with zero attached hydrogens (tertiary/aromatic N) is 2. The average molecular weight is 229 g/mol. The van der Waals surface area contributed by atoms with Gasteiger partial charge >= 0.3 is 0 Å². The van der Waals surface area contributed by atoms with Gasteiger partial charge in [0, 0.05) is 18.1 Å². The number of thioether (sulfide) groups is 1. The fourth-order valence-corrected chi connectivity index (χ4v) is 1.77. The van der Waals surface area contributed by atoms with Gasteiger partial charge in [0.05, 0.1) is 33.2 Å². The minimum atomic E-state index is -1.06. The zero-order chi connectivity index (χ0) is 11.3. The molecule has 15 heavy (non-hydrogen) atoms. The second-order valence-corrected chi connectivity index (χ2v) is 4.46. The number of carboxylic acid groups (broad SMARTS) is 1. The summed E-state index contributed by atoms with van der Waals surface area (Å²) in [7, 11) is 4.15. The van der Waals surface area contributed by atoms with Crippen molar-refractivity contribution in [2.24, 2.45) is 0 Å². The van der Waals surface area contributed by atoms with Crippen LogP contribution in [0, 0.1) is 0 Å². The molecular weight excluding hydrogens is 214 g/mol. The van der Waals surface area contributed by atoms with Crippen LogP contribution in [-0.2, 0) is 11.3 Å². The molecule has 84 valence electrons. The Morgan fingerprint density at radius 1 is 1.67 bits per heavy atom. The van der Waals surface area contributed by atoms with Crippen LogP contribution in [0.5, 0.6) is 0 Å². The van der Waals surface area contributed by atoms with Crippen LogP contribution in [0.1, 0.15) is 0 Å². The molecule has 1 aromatic heterocycles.